The molecular formula is C25H30ClNO4. The number of rotatable bonds is 8. The van der Waals surface area contributed by atoms with Crippen LogP contribution in [0.2, 0.25) is 5.02 Å². The van der Waals surface area contributed by atoms with E-state index in [1.54, 1.807) is 25.1 Å². The summed E-state index contributed by atoms with van der Waals surface area (Å²) in [6.07, 6.45) is 4.17. The van der Waals surface area contributed by atoms with Gasteiger partial charge in [-0.1, -0.05) is 49.6 Å². The van der Waals surface area contributed by atoms with Gasteiger partial charge < -0.3 is 14.8 Å². The summed E-state index contributed by atoms with van der Waals surface area (Å²) < 4.78 is 11.1. The van der Waals surface area contributed by atoms with Crippen molar-refractivity contribution in [3.8, 4) is 5.75 Å². The SMILES string of the molecule is CCOC(=O)c1cc(NC(=O)C2(c3ccccc3Cl)CCCC2)ccc1O[C@@H](C)CC. The summed E-state index contributed by atoms with van der Waals surface area (Å²) in [5, 5.41) is 3.62. The number of benzene rings is 2. The molecule has 1 aliphatic carbocycles. The van der Waals surface area contributed by atoms with Gasteiger partial charge in [-0.05, 0) is 62.9 Å². The third-order valence-corrected chi connectivity index (χ3v) is 6.25. The van der Waals surface area contributed by atoms with Crippen molar-refractivity contribution in [1.82, 2.24) is 0 Å². The van der Waals surface area contributed by atoms with Gasteiger partial charge in [0.2, 0.25) is 5.91 Å². The van der Waals surface area contributed by atoms with Crippen molar-refractivity contribution in [2.75, 3.05) is 11.9 Å². The van der Waals surface area contributed by atoms with Crippen molar-refractivity contribution >= 4 is 29.2 Å². The molecule has 0 aliphatic heterocycles. The lowest BCUT2D eigenvalue weighted by Gasteiger charge is -2.29. The molecule has 2 aromatic carbocycles. The molecule has 0 heterocycles. The van der Waals surface area contributed by atoms with Crippen LogP contribution in [0.3, 0.4) is 0 Å². The average molecular weight is 444 g/mol. The molecule has 31 heavy (non-hydrogen) atoms. The van der Waals surface area contributed by atoms with Crippen LogP contribution in [0.5, 0.6) is 5.75 Å². The molecule has 0 unspecified atom stereocenters. The minimum Gasteiger partial charge on any atom is -0.490 e. The zero-order valence-electron chi connectivity index (χ0n) is 18.4. The molecule has 0 bridgehead atoms. The van der Waals surface area contributed by atoms with Crippen molar-refractivity contribution in [2.24, 2.45) is 0 Å². The lowest BCUT2D eigenvalue weighted by Crippen LogP contribution is -2.38. The van der Waals surface area contributed by atoms with E-state index in [-0.39, 0.29) is 18.6 Å². The van der Waals surface area contributed by atoms with E-state index in [9.17, 15) is 9.59 Å². The maximum absolute atomic E-state index is 13.5. The van der Waals surface area contributed by atoms with Gasteiger partial charge in [0.1, 0.15) is 11.3 Å². The van der Waals surface area contributed by atoms with Crippen LogP contribution in [-0.4, -0.2) is 24.6 Å². The minimum absolute atomic E-state index is 0.0457. The van der Waals surface area contributed by atoms with Crippen LogP contribution < -0.4 is 10.1 Å². The monoisotopic (exact) mass is 443 g/mol. The minimum atomic E-state index is -0.672. The molecule has 1 N–H and O–H groups in total. The third-order valence-electron chi connectivity index (χ3n) is 5.92. The first-order valence-corrected chi connectivity index (χ1v) is 11.3. The standard InChI is InChI=1S/C25H30ClNO4/c1-4-17(3)31-22-13-12-18(16-19(22)23(28)30-5-2)27-24(29)25(14-8-9-15-25)20-10-6-7-11-21(20)26/h6-7,10-13,16-17H,4-5,8-9,14-15H2,1-3H3,(H,27,29)/t17-/m0/s1. The van der Waals surface area contributed by atoms with E-state index in [0.717, 1.165) is 37.7 Å². The Balaban J connectivity index is 1.92. The van der Waals surface area contributed by atoms with Crippen LogP contribution in [0.1, 0.15) is 68.8 Å². The topological polar surface area (TPSA) is 64.6 Å². The predicted octanol–water partition coefficient (Wildman–Crippen LogP) is 6.14. The Hall–Kier alpha value is -2.53. The number of esters is 1. The van der Waals surface area contributed by atoms with E-state index in [4.69, 9.17) is 21.1 Å². The molecule has 3 rings (SSSR count). The zero-order chi connectivity index (χ0) is 22.4. The molecule has 0 spiro atoms. The van der Waals surface area contributed by atoms with Crippen molar-refractivity contribution in [3.05, 3.63) is 58.6 Å². The van der Waals surface area contributed by atoms with Crippen molar-refractivity contribution in [3.63, 3.8) is 0 Å². The van der Waals surface area contributed by atoms with Gasteiger partial charge in [-0.2, -0.15) is 0 Å². The summed E-state index contributed by atoms with van der Waals surface area (Å²) in [7, 11) is 0. The fourth-order valence-corrected chi connectivity index (χ4v) is 4.39. The van der Waals surface area contributed by atoms with Gasteiger partial charge in [-0.3, -0.25) is 4.79 Å². The summed E-state index contributed by atoms with van der Waals surface area (Å²) in [5.41, 5.74) is 1.02. The third kappa shape index (κ3) is 5.04. The van der Waals surface area contributed by atoms with E-state index < -0.39 is 11.4 Å². The van der Waals surface area contributed by atoms with Crippen molar-refractivity contribution < 1.29 is 19.1 Å². The van der Waals surface area contributed by atoms with E-state index in [1.807, 2.05) is 38.1 Å². The maximum Gasteiger partial charge on any atom is 0.341 e. The van der Waals surface area contributed by atoms with Gasteiger partial charge in [0.15, 0.2) is 0 Å². The summed E-state index contributed by atoms with van der Waals surface area (Å²) >= 11 is 6.47. The van der Waals surface area contributed by atoms with Gasteiger partial charge in [0.05, 0.1) is 18.1 Å². The van der Waals surface area contributed by atoms with Crippen LogP contribution in [0.15, 0.2) is 42.5 Å². The molecule has 0 saturated heterocycles. The first-order valence-electron chi connectivity index (χ1n) is 11.0. The number of hydrogen-bond donors (Lipinski definition) is 1. The van der Waals surface area contributed by atoms with Gasteiger partial charge in [-0.25, -0.2) is 4.79 Å². The quantitative estimate of drug-likeness (QED) is 0.497. The number of halogens is 1. The predicted molar refractivity (Wildman–Crippen MR) is 123 cm³/mol. The molecule has 5 nitrogen and oxygen atoms in total. The Morgan fingerprint density at radius 2 is 1.84 bits per heavy atom. The van der Waals surface area contributed by atoms with E-state index in [0.29, 0.717) is 22.0 Å². The largest absolute Gasteiger partial charge is 0.490 e. The van der Waals surface area contributed by atoms with Crippen molar-refractivity contribution in [1.29, 1.82) is 0 Å². The second-order valence-corrected chi connectivity index (χ2v) is 8.40. The number of ether oxygens (including phenoxy) is 2. The molecule has 6 heteroatoms. The first kappa shape index (κ1) is 23.1. The van der Waals surface area contributed by atoms with Gasteiger partial charge >= 0.3 is 5.97 Å². The number of amides is 1. The summed E-state index contributed by atoms with van der Waals surface area (Å²) in [6, 6.07) is 12.6. The van der Waals surface area contributed by atoms with E-state index in [2.05, 4.69) is 5.32 Å². The molecule has 166 valence electrons. The molecule has 1 amide bonds. The second-order valence-electron chi connectivity index (χ2n) is 7.99. The van der Waals surface area contributed by atoms with Gasteiger partial charge in [-0.15, -0.1) is 0 Å². The summed E-state index contributed by atoms with van der Waals surface area (Å²) in [6.45, 7) is 5.97. The Kier molecular flexibility index (Phi) is 7.60. The van der Waals surface area contributed by atoms with Crippen LogP contribution >= 0.6 is 11.6 Å². The molecule has 1 atom stereocenters. The van der Waals surface area contributed by atoms with E-state index in [1.165, 1.54) is 0 Å². The van der Waals surface area contributed by atoms with Crippen LogP contribution in [-0.2, 0) is 14.9 Å². The Bertz CT molecular complexity index is 937. The highest BCUT2D eigenvalue weighted by Gasteiger charge is 2.44. The fourth-order valence-electron chi connectivity index (χ4n) is 4.08. The fraction of sp³-hybridized carbons (Fsp3) is 0.440. The Morgan fingerprint density at radius 1 is 1.13 bits per heavy atom. The number of hydrogen-bond acceptors (Lipinski definition) is 4. The lowest BCUT2D eigenvalue weighted by molar-refractivity contribution is -0.121. The smallest absolute Gasteiger partial charge is 0.341 e. The number of carbonyl (C=O) groups is 2. The normalized spacial score (nSPS) is 15.9. The highest BCUT2D eigenvalue weighted by Crippen LogP contribution is 2.44. The molecule has 1 fully saturated rings. The highest BCUT2D eigenvalue weighted by molar-refractivity contribution is 6.32. The molecule has 1 saturated carbocycles. The molecular weight excluding hydrogens is 414 g/mol. The van der Waals surface area contributed by atoms with E-state index >= 15 is 0 Å². The zero-order valence-corrected chi connectivity index (χ0v) is 19.1. The highest BCUT2D eigenvalue weighted by atomic mass is 35.5. The first-order chi connectivity index (χ1) is 14.9. The number of anilines is 1. The Morgan fingerprint density at radius 3 is 2.48 bits per heavy atom. The van der Waals surface area contributed by atoms with Gasteiger partial charge in [0.25, 0.3) is 0 Å². The Labute approximate surface area is 189 Å². The lowest BCUT2D eigenvalue weighted by atomic mass is 9.78. The molecule has 1 aliphatic rings. The van der Waals surface area contributed by atoms with Crippen LogP contribution in [0.4, 0.5) is 5.69 Å². The van der Waals surface area contributed by atoms with Crippen molar-refractivity contribution in [2.45, 2.75) is 64.4 Å². The number of carbonyl (C=O) groups excluding carboxylic acids is 2. The average Bonchev–Trinajstić information content (AvgIpc) is 3.26. The maximum atomic E-state index is 13.5. The second kappa shape index (κ2) is 10.2. The number of nitrogens with one attached hydrogen (secondary N) is 1. The molecule has 2 aromatic rings. The summed E-state index contributed by atoms with van der Waals surface area (Å²) in [5.74, 6) is -0.130. The van der Waals surface area contributed by atoms with Gasteiger partial charge in [0, 0.05) is 10.7 Å². The van der Waals surface area contributed by atoms with Crippen LogP contribution in [0, 0.1) is 0 Å². The molecule has 0 aromatic heterocycles. The van der Waals surface area contributed by atoms with Crippen LogP contribution in [0.25, 0.3) is 0 Å². The summed E-state index contributed by atoms with van der Waals surface area (Å²) in [4.78, 5) is 26.0. The molecule has 0 radical (unpaired) electrons.